The number of aromatic nitrogens is 8. The molecule has 6 aromatic rings. The predicted octanol–water partition coefficient (Wildman–Crippen LogP) is 9.64. The summed E-state index contributed by atoms with van der Waals surface area (Å²) in [5.74, 6) is 3.01. The van der Waals surface area contributed by atoms with Crippen LogP contribution in [0.15, 0.2) is 57.4 Å². The van der Waals surface area contributed by atoms with Crippen molar-refractivity contribution in [1.29, 1.82) is 0 Å². The van der Waals surface area contributed by atoms with E-state index in [0.29, 0.717) is 85.3 Å². The maximum absolute atomic E-state index is 12.9. The zero-order valence-electron chi connectivity index (χ0n) is 42.2. The van der Waals surface area contributed by atoms with Gasteiger partial charge >= 0.3 is 0 Å². The average molecular weight is 1160 g/mol. The number of halogens is 5. The fourth-order valence-corrected chi connectivity index (χ4v) is 10.9. The molecule has 77 heavy (non-hydrogen) atoms. The number of nitrogen functional groups attached to an aromatic ring is 2. The summed E-state index contributed by atoms with van der Waals surface area (Å²) in [5, 5.41) is 20.4. The van der Waals surface area contributed by atoms with Gasteiger partial charge in [0.05, 0.1) is 0 Å². The van der Waals surface area contributed by atoms with Gasteiger partial charge in [-0.3, -0.25) is 19.4 Å². The number of rotatable bonds is 10. The summed E-state index contributed by atoms with van der Waals surface area (Å²) in [5.41, 5.74) is 14.1. The summed E-state index contributed by atoms with van der Waals surface area (Å²) in [4.78, 5) is 52.9. The molecule has 0 radical (unpaired) electrons. The van der Waals surface area contributed by atoms with E-state index >= 15 is 0 Å². The van der Waals surface area contributed by atoms with Crippen LogP contribution in [0.4, 0.5) is 23.3 Å². The first-order valence-electron chi connectivity index (χ1n) is 25.1. The molecule has 5 N–H and O–H groups in total. The second-order valence-corrected chi connectivity index (χ2v) is 20.6. The molecule has 4 aliphatic rings. The van der Waals surface area contributed by atoms with E-state index in [9.17, 15) is 9.59 Å². The first-order chi connectivity index (χ1) is 36.1. The van der Waals surface area contributed by atoms with E-state index in [-0.39, 0.29) is 49.3 Å². The molecule has 0 unspecified atom stereocenters. The third-order valence-corrected chi connectivity index (χ3v) is 15.2. The van der Waals surface area contributed by atoms with Crippen molar-refractivity contribution in [2.75, 3.05) is 86.7 Å². The van der Waals surface area contributed by atoms with Crippen LogP contribution in [0.1, 0.15) is 99.7 Å². The number of piperazine rings is 2. The molecule has 2 atom stereocenters. The fraction of sp³-hybridized carbons (Fsp3) is 0.500. The minimum Gasteiger partial charge on any atom is -0.420 e. The van der Waals surface area contributed by atoms with Crippen molar-refractivity contribution >= 4 is 92.4 Å². The molecule has 4 fully saturated rings. The van der Waals surface area contributed by atoms with Crippen molar-refractivity contribution in [3.63, 3.8) is 0 Å². The van der Waals surface area contributed by atoms with E-state index in [1.54, 1.807) is 62.4 Å². The molecule has 0 saturated carbocycles. The minimum absolute atomic E-state index is 0. The van der Waals surface area contributed by atoms with Crippen LogP contribution in [-0.4, -0.2) is 156 Å². The van der Waals surface area contributed by atoms with Crippen LogP contribution in [0.2, 0.25) is 20.4 Å². The van der Waals surface area contributed by atoms with Crippen molar-refractivity contribution < 1.29 is 18.4 Å². The van der Waals surface area contributed by atoms with E-state index in [1.807, 2.05) is 4.90 Å². The zero-order valence-corrected chi connectivity index (χ0v) is 46.0. The van der Waals surface area contributed by atoms with Gasteiger partial charge in [0.25, 0.3) is 22.9 Å². The van der Waals surface area contributed by atoms with Crippen LogP contribution in [0.3, 0.4) is 0 Å². The standard InChI is InChI=1S/C25H30Cl2N8O2.C18H27ClN8O.C7H4Cl2O.2CH4/c1-3-18-14-34(23-21(27)29-20(22(28)30-23)24-32-31-15(2)37-24)12-13-35(18)19-8-10-33(11-9-19)25(36)16-4-6-17(26)7-5-16;1-3-12-10-26(8-9-27(12)13-4-6-21-7-5-13)17-15(19)22-14(16(20)23-17)18-25-24-11(2)28-18;8-6-3-1-5(2-4-6)7(9)10;;/h4-7,18-19H,3,8-14H2,1-2H3,(H2,28,30);12-13,21H,3-10H2,1-2H3,(H2,20,23);1-4H;2*1H4/t18-;12-;;;/m00.../s1. The molecule has 8 heterocycles. The lowest BCUT2D eigenvalue weighted by Gasteiger charge is -2.47. The monoisotopic (exact) mass is 1160 g/mol. The van der Waals surface area contributed by atoms with Gasteiger partial charge in [0.2, 0.25) is 11.8 Å². The Kier molecular flexibility index (Phi) is 22.0. The summed E-state index contributed by atoms with van der Waals surface area (Å²) in [7, 11) is 0. The summed E-state index contributed by atoms with van der Waals surface area (Å²) in [6.45, 7) is 16.7. The Labute approximate surface area is 475 Å². The third kappa shape index (κ3) is 15.0. The molecule has 4 aromatic heterocycles. The van der Waals surface area contributed by atoms with Gasteiger partial charge in [-0.15, -0.1) is 20.4 Å². The molecule has 0 aliphatic carbocycles. The maximum atomic E-state index is 12.9. The number of carbonyl (C=O) groups excluding carboxylic acids is 2. The molecule has 416 valence electrons. The molecular weight excluding hydrogens is 1090 g/mol. The van der Waals surface area contributed by atoms with Gasteiger partial charge in [-0.25, -0.2) is 19.9 Å². The molecule has 10 rings (SSSR count). The van der Waals surface area contributed by atoms with Crippen LogP contribution in [0, 0.1) is 13.8 Å². The second-order valence-electron chi connectivity index (χ2n) is 18.7. The van der Waals surface area contributed by atoms with E-state index in [4.69, 9.17) is 78.3 Å². The van der Waals surface area contributed by atoms with Gasteiger partial charge in [-0.2, -0.15) is 0 Å². The molecule has 20 nitrogen and oxygen atoms in total. The number of benzene rings is 2. The highest BCUT2D eigenvalue weighted by atomic mass is 35.5. The van der Waals surface area contributed by atoms with Gasteiger partial charge in [-0.1, -0.05) is 75.1 Å². The first-order valence-corrected chi connectivity index (χ1v) is 27.0. The van der Waals surface area contributed by atoms with Crippen LogP contribution < -0.4 is 26.6 Å². The Morgan fingerprint density at radius 1 is 0.597 bits per heavy atom. The lowest BCUT2D eigenvalue weighted by Crippen LogP contribution is -2.58. The summed E-state index contributed by atoms with van der Waals surface area (Å²) < 4.78 is 10.9. The molecule has 0 bridgehead atoms. The number of hydrogen-bond acceptors (Lipinski definition) is 19. The summed E-state index contributed by atoms with van der Waals surface area (Å²) >= 11 is 29.7. The molecule has 4 aliphatic heterocycles. The van der Waals surface area contributed by atoms with E-state index in [1.165, 1.54) is 12.8 Å². The van der Waals surface area contributed by atoms with Crippen molar-refractivity contribution in [3.05, 3.63) is 91.8 Å². The highest BCUT2D eigenvalue weighted by molar-refractivity contribution is 6.67. The third-order valence-electron chi connectivity index (χ3n) is 13.9. The Bertz CT molecular complexity index is 2880. The molecule has 25 heteroatoms. The van der Waals surface area contributed by atoms with Gasteiger partial charge in [0, 0.05) is 112 Å². The number of likely N-dealkylation sites (tertiary alicyclic amines) is 1. The zero-order chi connectivity index (χ0) is 53.3. The van der Waals surface area contributed by atoms with Crippen LogP contribution in [0.25, 0.3) is 23.2 Å². The number of hydrogen-bond donors (Lipinski definition) is 3. The SMILES string of the molecule is C.C.CC[C@H]1CN(c2nc(N)c(-c3nnc(C)o3)nc2Cl)CCN1C1CCN(C(=O)c2ccc(Cl)cc2)CC1.CC[C@H]1CN(c2nc(N)c(-c3nnc(C)o3)nc2Cl)CCN1C1CCNCC1.O=C(Cl)c1ccc(Cl)cc1. The Hall–Kier alpha value is -5.45. The van der Waals surface area contributed by atoms with Crippen molar-refractivity contribution in [1.82, 2.24) is 60.3 Å². The molecule has 4 saturated heterocycles. The number of anilines is 4. The number of carbonyl (C=O) groups is 2. The molecule has 0 spiro atoms. The smallest absolute Gasteiger partial charge is 0.270 e. The predicted molar refractivity (Wildman–Crippen MR) is 306 cm³/mol. The van der Waals surface area contributed by atoms with Crippen LogP contribution in [0.5, 0.6) is 0 Å². The van der Waals surface area contributed by atoms with Crippen molar-refractivity contribution in [2.45, 2.75) is 105 Å². The highest BCUT2D eigenvalue weighted by Gasteiger charge is 2.36. The van der Waals surface area contributed by atoms with Gasteiger partial charge in [0.1, 0.15) is 0 Å². The highest BCUT2D eigenvalue weighted by Crippen LogP contribution is 2.34. The van der Waals surface area contributed by atoms with Gasteiger partial charge in [0.15, 0.2) is 45.0 Å². The first kappa shape index (κ1) is 60.8. The normalized spacial score (nSPS) is 18.5. The quantitative estimate of drug-likeness (QED) is 0.108. The lowest BCUT2D eigenvalue weighted by atomic mass is 9.97. The Morgan fingerprint density at radius 2 is 1.01 bits per heavy atom. The number of nitrogens with two attached hydrogens (primary N) is 2. The summed E-state index contributed by atoms with van der Waals surface area (Å²) in [6, 6.07) is 15.4. The van der Waals surface area contributed by atoms with E-state index in [0.717, 1.165) is 91.1 Å². The number of nitrogens with one attached hydrogen (secondary N) is 1. The topological polar surface area (TPSA) is 244 Å². The fourth-order valence-electron chi connectivity index (χ4n) is 10.0. The van der Waals surface area contributed by atoms with Crippen LogP contribution in [-0.2, 0) is 0 Å². The van der Waals surface area contributed by atoms with E-state index in [2.05, 4.69) is 79.1 Å². The molecule has 2 aromatic carbocycles. The Morgan fingerprint density at radius 3 is 1.40 bits per heavy atom. The summed E-state index contributed by atoms with van der Waals surface area (Å²) in [6.07, 6.45) is 6.38. The van der Waals surface area contributed by atoms with Gasteiger partial charge in [-0.05, 0) is 112 Å². The average Bonchev–Trinajstić information content (AvgIpc) is 4.07. The number of nitrogens with zero attached hydrogens (tertiary/aromatic N) is 13. The Balaban J connectivity index is 0.000000212. The minimum atomic E-state index is -0.461. The van der Waals surface area contributed by atoms with E-state index < -0.39 is 5.24 Å². The maximum Gasteiger partial charge on any atom is 0.270 e. The van der Waals surface area contributed by atoms with Gasteiger partial charge < -0.3 is 40.3 Å². The van der Waals surface area contributed by atoms with Crippen molar-refractivity contribution in [3.8, 4) is 23.2 Å². The molecular formula is C52H69Cl5N16O4. The lowest BCUT2D eigenvalue weighted by molar-refractivity contribution is 0.0490. The second kappa shape index (κ2) is 27.9. The number of aryl methyl sites for hydroxylation is 2. The van der Waals surface area contributed by atoms with Crippen molar-refractivity contribution in [2.24, 2.45) is 0 Å². The number of piperidine rings is 2. The molecule has 1 amide bonds. The largest absolute Gasteiger partial charge is 0.420 e. The number of amides is 1. The van der Waals surface area contributed by atoms with Crippen LogP contribution >= 0.6 is 58.0 Å².